The Balaban J connectivity index is 1.46. The van der Waals surface area contributed by atoms with Crippen LogP contribution in [0.3, 0.4) is 0 Å². The first kappa shape index (κ1) is 17.6. The Kier molecular flexibility index (Phi) is 4.85. The average Bonchev–Trinajstić information content (AvgIpc) is 3.17. The normalized spacial score (nSPS) is 14.4. The number of methoxy groups -OCH3 is 2. The van der Waals surface area contributed by atoms with E-state index in [1.54, 1.807) is 43.8 Å². The molecule has 2 heterocycles. The van der Waals surface area contributed by atoms with Crippen LogP contribution in [-0.2, 0) is 0 Å². The molecule has 0 bridgehead atoms. The number of hydrogen-bond donors (Lipinski definition) is 0. The molecule has 27 heavy (non-hydrogen) atoms. The number of carbonyl (C=O) groups is 1. The Morgan fingerprint density at radius 1 is 1.04 bits per heavy atom. The Bertz CT molecular complexity index is 931. The molecule has 0 unspecified atom stereocenters. The van der Waals surface area contributed by atoms with E-state index in [1.807, 2.05) is 23.1 Å². The number of aromatic nitrogens is 1. The molecule has 1 aliphatic rings. The maximum absolute atomic E-state index is 12.9. The van der Waals surface area contributed by atoms with E-state index >= 15 is 0 Å². The van der Waals surface area contributed by atoms with E-state index in [9.17, 15) is 4.79 Å². The molecular weight excluding hydrogens is 362 g/mol. The third kappa shape index (κ3) is 3.42. The minimum Gasteiger partial charge on any atom is -0.497 e. The number of fused-ring (bicyclic) bond motifs is 1. The second-order valence-corrected chi connectivity index (χ2v) is 7.32. The number of carbonyl (C=O) groups excluding carboxylic acids is 1. The zero-order chi connectivity index (χ0) is 18.8. The minimum absolute atomic E-state index is 0.0153. The summed E-state index contributed by atoms with van der Waals surface area (Å²) in [5, 5.41) is 1.02. The molecule has 1 fully saturated rings. The number of amides is 1. The van der Waals surface area contributed by atoms with Crippen molar-refractivity contribution in [3.8, 4) is 11.5 Å². The molecule has 7 heteroatoms. The largest absolute Gasteiger partial charge is 0.497 e. The number of anilines is 1. The van der Waals surface area contributed by atoms with Gasteiger partial charge in [0, 0.05) is 32.2 Å². The number of benzene rings is 2. The average molecular weight is 383 g/mol. The first-order valence-electron chi connectivity index (χ1n) is 8.81. The van der Waals surface area contributed by atoms with Gasteiger partial charge in [-0.2, -0.15) is 0 Å². The van der Waals surface area contributed by atoms with Gasteiger partial charge in [0.05, 0.1) is 30.0 Å². The van der Waals surface area contributed by atoms with E-state index < -0.39 is 0 Å². The highest BCUT2D eigenvalue weighted by atomic mass is 32.1. The minimum atomic E-state index is -0.0153. The molecule has 4 rings (SSSR count). The predicted molar refractivity (Wildman–Crippen MR) is 107 cm³/mol. The summed E-state index contributed by atoms with van der Waals surface area (Å²) in [6.07, 6.45) is 0. The zero-order valence-corrected chi connectivity index (χ0v) is 16.2. The molecule has 0 aliphatic carbocycles. The second kappa shape index (κ2) is 7.44. The van der Waals surface area contributed by atoms with Gasteiger partial charge in [-0.15, -0.1) is 0 Å². The van der Waals surface area contributed by atoms with Crippen LogP contribution in [0.2, 0.25) is 0 Å². The fourth-order valence-corrected chi connectivity index (χ4v) is 4.26. The third-order valence-electron chi connectivity index (χ3n) is 4.76. The maximum atomic E-state index is 12.9. The van der Waals surface area contributed by atoms with Gasteiger partial charge in [0.15, 0.2) is 5.13 Å². The van der Waals surface area contributed by atoms with E-state index in [0.29, 0.717) is 30.2 Å². The number of thiazole rings is 1. The van der Waals surface area contributed by atoms with E-state index in [4.69, 9.17) is 14.5 Å². The molecule has 1 aliphatic heterocycles. The van der Waals surface area contributed by atoms with Crippen molar-refractivity contribution in [2.75, 3.05) is 45.3 Å². The Hall–Kier alpha value is -2.80. The monoisotopic (exact) mass is 383 g/mol. The van der Waals surface area contributed by atoms with Gasteiger partial charge in [-0.3, -0.25) is 4.79 Å². The number of nitrogens with zero attached hydrogens (tertiary/aromatic N) is 3. The smallest absolute Gasteiger partial charge is 0.257 e. The Morgan fingerprint density at radius 2 is 1.81 bits per heavy atom. The van der Waals surface area contributed by atoms with Crippen molar-refractivity contribution in [2.45, 2.75) is 0 Å². The van der Waals surface area contributed by atoms with Crippen LogP contribution in [0.15, 0.2) is 42.5 Å². The molecule has 3 aromatic rings. The quantitative estimate of drug-likeness (QED) is 0.692. The Morgan fingerprint density at radius 3 is 2.52 bits per heavy atom. The van der Waals surface area contributed by atoms with Gasteiger partial charge in [-0.1, -0.05) is 23.5 Å². The van der Waals surface area contributed by atoms with Gasteiger partial charge < -0.3 is 19.3 Å². The topological polar surface area (TPSA) is 54.9 Å². The lowest BCUT2D eigenvalue weighted by atomic mass is 10.1. The zero-order valence-electron chi connectivity index (χ0n) is 15.3. The molecule has 0 atom stereocenters. The van der Waals surface area contributed by atoms with Gasteiger partial charge in [-0.25, -0.2) is 4.98 Å². The van der Waals surface area contributed by atoms with Crippen molar-refractivity contribution >= 4 is 32.6 Å². The highest BCUT2D eigenvalue weighted by molar-refractivity contribution is 7.22. The van der Waals surface area contributed by atoms with E-state index in [1.165, 1.54) is 4.70 Å². The standard InChI is InChI=1S/C20H21N3O3S/c1-25-14-7-8-15(17(13-14)26-2)19(24)22-9-11-23(12-10-22)20-21-16-5-3-4-6-18(16)27-20/h3-8,13H,9-12H2,1-2H3. The van der Waals surface area contributed by atoms with E-state index in [-0.39, 0.29) is 5.91 Å². The fourth-order valence-electron chi connectivity index (χ4n) is 3.24. The lowest BCUT2D eigenvalue weighted by Crippen LogP contribution is -2.48. The second-order valence-electron chi connectivity index (χ2n) is 6.31. The predicted octanol–water partition coefficient (Wildman–Crippen LogP) is 3.28. The van der Waals surface area contributed by atoms with Crippen LogP contribution in [-0.4, -0.2) is 56.2 Å². The van der Waals surface area contributed by atoms with Crippen LogP contribution in [0, 0.1) is 0 Å². The van der Waals surface area contributed by atoms with E-state index in [2.05, 4.69) is 11.0 Å². The van der Waals surface area contributed by atoms with Gasteiger partial charge in [0.25, 0.3) is 5.91 Å². The number of para-hydroxylation sites is 1. The van der Waals surface area contributed by atoms with Crippen molar-refractivity contribution in [3.63, 3.8) is 0 Å². The molecule has 0 radical (unpaired) electrons. The molecule has 1 saturated heterocycles. The summed E-state index contributed by atoms with van der Waals surface area (Å²) in [4.78, 5) is 21.8. The number of piperazine rings is 1. The number of hydrogen-bond acceptors (Lipinski definition) is 6. The van der Waals surface area contributed by atoms with E-state index in [0.717, 1.165) is 23.7 Å². The van der Waals surface area contributed by atoms with Gasteiger partial charge in [0.2, 0.25) is 0 Å². The number of rotatable bonds is 4. The summed E-state index contributed by atoms with van der Waals surface area (Å²) in [6, 6.07) is 13.4. The van der Waals surface area contributed by atoms with Gasteiger partial charge in [-0.05, 0) is 24.3 Å². The lowest BCUT2D eigenvalue weighted by molar-refractivity contribution is 0.0743. The molecule has 1 aromatic heterocycles. The first-order valence-corrected chi connectivity index (χ1v) is 9.63. The molecular formula is C20H21N3O3S. The van der Waals surface area contributed by atoms with Crippen LogP contribution in [0.4, 0.5) is 5.13 Å². The first-order chi connectivity index (χ1) is 13.2. The summed E-state index contributed by atoms with van der Waals surface area (Å²) in [7, 11) is 3.16. The molecule has 6 nitrogen and oxygen atoms in total. The van der Waals surface area contributed by atoms with Gasteiger partial charge >= 0.3 is 0 Å². The molecule has 0 saturated carbocycles. The molecule has 0 N–H and O–H groups in total. The molecule has 0 spiro atoms. The molecule has 140 valence electrons. The lowest BCUT2D eigenvalue weighted by Gasteiger charge is -2.34. The highest BCUT2D eigenvalue weighted by Crippen LogP contribution is 2.30. The fraction of sp³-hybridized carbons (Fsp3) is 0.300. The molecule has 2 aromatic carbocycles. The summed E-state index contributed by atoms with van der Waals surface area (Å²) in [5.74, 6) is 1.19. The molecule has 1 amide bonds. The van der Waals surface area contributed by atoms with Crippen molar-refractivity contribution in [1.82, 2.24) is 9.88 Å². The van der Waals surface area contributed by atoms with Crippen LogP contribution >= 0.6 is 11.3 Å². The maximum Gasteiger partial charge on any atom is 0.257 e. The summed E-state index contributed by atoms with van der Waals surface area (Å²) in [6.45, 7) is 2.85. The third-order valence-corrected chi connectivity index (χ3v) is 5.86. The van der Waals surface area contributed by atoms with Crippen LogP contribution < -0.4 is 14.4 Å². The SMILES string of the molecule is COc1ccc(C(=O)N2CCN(c3nc4ccccc4s3)CC2)c(OC)c1. The summed E-state index contributed by atoms with van der Waals surface area (Å²) in [5.41, 5.74) is 1.59. The van der Waals surface area contributed by atoms with Crippen LogP contribution in [0.1, 0.15) is 10.4 Å². The summed E-state index contributed by atoms with van der Waals surface area (Å²) < 4.78 is 11.8. The van der Waals surface area contributed by atoms with Crippen LogP contribution in [0.25, 0.3) is 10.2 Å². The van der Waals surface area contributed by atoms with Crippen molar-refractivity contribution in [2.24, 2.45) is 0 Å². The number of ether oxygens (including phenoxy) is 2. The van der Waals surface area contributed by atoms with Crippen molar-refractivity contribution in [3.05, 3.63) is 48.0 Å². The van der Waals surface area contributed by atoms with Crippen molar-refractivity contribution < 1.29 is 14.3 Å². The van der Waals surface area contributed by atoms with Gasteiger partial charge in [0.1, 0.15) is 11.5 Å². The Labute approximate surface area is 161 Å². The summed E-state index contributed by atoms with van der Waals surface area (Å²) >= 11 is 1.70. The highest BCUT2D eigenvalue weighted by Gasteiger charge is 2.25. The van der Waals surface area contributed by atoms with Crippen molar-refractivity contribution in [1.29, 1.82) is 0 Å². The van der Waals surface area contributed by atoms with Crippen LogP contribution in [0.5, 0.6) is 11.5 Å².